The molecule has 0 saturated heterocycles. The van der Waals surface area contributed by atoms with Crippen molar-refractivity contribution in [3.8, 4) is 11.5 Å². The van der Waals surface area contributed by atoms with Gasteiger partial charge in [0.1, 0.15) is 11.5 Å². The summed E-state index contributed by atoms with van der Waals surface area (Å²) in [5, 5.41) is 3.97. The molecule has 0 amide bonds. The van der Waals surface area contributed by atoms with Crippen molar-refractivity contribution >= 4 is 23.2 Å². The minimum Gasteiger partial charge on any atom is -0.494 e. The van der Waals surface area contributed by atoms with Gasteiger partial charge in [0.05, 0.1) is 18.8 Å². The maximum atomic E-state index is 12.4. The molecule has 2 aromatic rings. The normalized spacial score (nSPS) is 10.8. The molecule has 0 spiro atoms. The first-order chi connectivity index (χ1) is 10.2. The molecule has 0 unspecified atom stereocenters. The monoisotopic (exact) mass is 302 g/mol. The van der Waals surface area contributed by atoms with Gasteiger partial charge in [-0.2, -0.15) is 11.3 Å². The van der Waals surface area contributed by atoms with Gasteiger partial charge < -0.3 is 9.47 Å². The average molecular weight is 302 g/mol. The zero-order chi connectivity index (χ0) is 15.1. The second-order valence-corrected chi connectivity index (χ2v) is 5.06. The molecule has 0 aliphatic carbocycles. The Morgan fingerprint density at radius 2 is 2.00 bits per heavy atom. The maximum Gasteiger partial charge on any atom is 0.189 e. The lowest BCUT2D eigenvalue weighted by molar-refractivity contribution is 0.104. The number of carbonyl (C=O) groups is 1. The number of thiophene rings is 1. The van der Waals surface area contributed by atoms with Gasteiger partial charge in [-0.15, -0.1) is 0 Å². The molecule has 0 saturated carbocycles. The van der Waals surface area contributed by atoms with Gasteiger partial charge >= 0.3 is 0 Å². The molecule has 0 aliphatic rings. The van der Waals surface area contributed by atoms with E-state index >= 15 is 0 Å². The molecule has 1 aromatic heterocycles. The van der Waals surface area contributed by atoms with Crippen LogP contribution in [0, 0.1) is 0 Å². The first kappa shape index (κ1) is 15.3. The predicted octanol–water partition coefficient (Wildman–Crippen LogP) is 4.44. The molecule has 4 heteroatoms. The van der Waals surface area contributed by atoms with Gasteiger partial charge in [0.15, 0.2) is 5.78 Å². The molecular weight excluding hydrogens is 284 g/mol. The number of allylic oxidation sites excluding steroid dienone is 1. The number of hydrogen-bond acceptors (Lipinski definition) is 4. The van der Waals surface area contributed by atoms with Crippen molar-refractivity contribution < 1.29 is 14.3 Å². The fourth-order valence-corrected chi connectivity index (χ4v) is 2.50. The number of benzene rings is 1. The molecule has 2 rings (SSSR count). The van der Waals surface area contributed by atoms with Gasteiger partial charge in [0.25, 0.3) is 0 Å². The van der Waals surface area contributed by atoms with E-state index in [2.05, 4.69) is 0 Å². The summed E-state index contributed by atoms with van der Waals surface area (Å²) in [5.41, 5.74) is 1.54. The summed E-state index contributed by atoms with van der Waals surface area (Å²) < 4.78 is 11.0. The topological polar surface area (TPSA) is 35.5 Å². The van der Waals surface area contributed by atoms with Crippen molar-refractivity contribution in [2.45, 2.75) is 13.8 Å². The third kappa shape index (κ3) is 4.20. The highest BCUT2D eigenvalue weighted by molar-refractivity contribution is 7.08. The summed E-state index contributed by atoms with van der Waals surface area (Å²) in [6.45, 7) is 4.88. The molecule has 0 aliphatic heterocycles. The van der Waals surface area contributed by atoms with Crippen molar-refractivity contribution in [3.63, 3.8) is 0 Å². The Kier molecular flexibility index (Phi) is 5.58. The standard InChI is InChI=1S/C17H18O3S/c1-3-19-14-6-8-17(20-4-2)15(11-14)16(18)7-5-13-9-10-21-12-13/h5-12H,3-4H2,1-2H3. The highest BCUT2D eigenvalue weighted by Crippen LogP contribution is 2.25. The summed E-state index contributed by atoms with van der Waals surface area (Å²) in [5.74, 6) is 1.17. The van der Waals surface area contributed by atoms with Crippen LogP contribution < -0.4 is 9.47 Å². The first-order valence-corrected chi connectivity index (χ1v) is 7.83. The lowest BCUT2D eigenvalue weighted by atomic mass is 10.1. The quantitative estimate of drug-likeness (QED) is 0.560. The highest BCUT2D eigenvalue weighted by atomic mass is 32.1. The Labute approximate surface area is 128 Å². The van der Waals surface area contributed by atoms with Crippen LogP contribution in [0.5, 0.6) is 11.5 Å². The zero-order valence-electron chi connectivity index (χ0n) is 12.2. The largest absolute Gasteiger partial charge is 0.494 e. The first-order valence-electron chi connectivity index (χ1n) is 6.88. The SMILES string of the molecule is CCOc1ccc(OCC)c(C(=O)C=Cc2ccsc2)c1. The van der Waals surface area contributed by atoms with E-state index in [1.807, 2.05) is 42.8 Å². The van der Waals surface area contributed by atoms with Crippen LogP contribution in [0.4, 0.5) is 0 Å². The second kappa shape index (κ2) is 7.64. The van der Waals surface area contributed by atoms with E-state index in [0.717, 1.165) is 5.56 Å². The third-order valence-electron chi connectivity index (χ3n) is 2.80. The fourth-order valence-electron chi connectivity index (χ4n) is 1.87. The second-order valence-electron chi connectivity index (χ2n) is 4.28. The van der Waals surface area contributed by atoms with E-state index in [1.165, 1.54) is 0 Å². The van der Waals surface area contributed by atoms with Crippen LogP contribution in [-0.2, 0) is 0 Å². The average Bonchev–Trinajstić information content (AvgIpc) is 3.00. The molecule has 0 N–H and O–H groups in total. The summed E-state index contributed by atoms with van der Waals surface area (Å²) in [4.78, 5) is 12.4. The Balaban J connectivity index is 2.26. The van der Waals surface area contributed by atoms with E-state index < -0.39 is 0 Å². The van der Waals surface area contributed by atoms with Gasteiger partial charge in [-0.3, -0.25) is 4.79 Å². The number of hydrogen-bond donors (Lipinski definition) is 0. The van der Waals surface area contributed by atoms with Gasteiger partial charge in [-0.1, -0.05) is 6.08 Å². The van der Waals surface area contributed by atoms with E-state index in [-0.39, 0.29) is 5.78 Å². The summed E-state index contributed by atoms with van der Waals surface area (Å²) in [6, 6.07) is 7.29. The molecule has 110 valence electrons. The number of carbonyl (C=O) groups excluding carboxylic acids is 1. The van der Waals surface area contributed by atoms with Gasteiger partial charge in [-0.05, 0) is 60.5 Å². The Morgan fingerprint density at radius 3 is 2.67 bits per heavy atom. The van der Waals surface area contributed by atoms with Crippen molar-refractivity contribution in [1.29, 1.82) is 0 Å². The molecule has 0 radical (unpaired) electrons. The van der Waals surface area contributed by atoms with Crippen LogP contribution >= 0.6 is 11.3 Å². The summed E-state index contributed by atoms with van der Waals surface area (Å²) in [7, 11) is 0. The van der Waals surface area contributed by atoms with Crippen LogP contribution in [0.25, 0.3) is 6.08 Å². The molecule has 0 fully saturated rings. The molecule has 1 heterocycles. The number of ketones is 1. The zero-order valence-corrected chi connectivity index (χ0v) is 13.0. The molecular formula is C17H18O3S. The molecule has 1 aromatic carbocycles. The lowest BCUT2D eigenvalue weighted by Gasteiger charge is -2.10. The van der Waals surface area contributed by atoms with Crippen molar-refractivity contribution in [3.05, 3.63) is 52.2 Å². The molecule has 21 heavy (non-hydrogen) atoms. The number of ether oxygens (including phenoxy) is 2. The minimum atomic E-state index is -0.0915. The Morgan fingerprint density at radius 1 is 1.19 bits per heavy atom. The van der Waals surface area contributed by atoms with Crippen molar-refractivity contribution in [1.82, 2.24) is 0 Å². The maximum absolute atomic E-state index is 12.4. The van der Waals surface area contributed by atoms with Gasteiger partial charge in [-0.25, -0.2) is 0 Å². The highest BCUT2D eigenvalue weighted by Gasteiger charge is 2.11. The van der Waals surface area contributed by atoms with Crippen molar-refractivity contribution in [2.75, 3.05) is 13.2 Å². The van der Waals surface area contributed by atoms with E-state index in [1.54, 1.807) is 29.5 Å². The smallest absolute Gasteiger partial charge is 0.189 e. The van der Waals surface area contributed by atoms with E-state index in [0.29, 0.717) is 30.3 Å². The number of rotatable bonds is 7. The van der Waals surface area contributed by atoms with Gasteiger partial charge in [0, 0.05) is 0 Å². The molecule has 0 atom stereocenters. The van der Waals surface area contributed by atoms with Crippen LogP contribution in [0.1, 0.15) is 29.8 Å². The van der Waals surface area contributed by atoms with Crippen LogP contribution in [0.2, 0.25) is 0 Å². The fraction of sp³-hybridized carbons (Fsp3) is 0.235. The lowest BCUT2D eigenvalue weighted by Crippen LogP contribution is -2.03. The molecule has 0 bridgehead atoms. The van der Waals surface area contributed by atoms with Gasteiger partial charge in [0.2, 0.25) is 0 Å². The van der Waals surface area contributed by atoms with E-state index in [9.17, 15) is 4.79 Å². The predicted molar refractivity (Wildman–Crippen MR) is 86.5 cm³/mol. The van der Waals surface area contributed by atoms with Crippen LogP contribution in [-0.4, -0.2) is 19.0 Å². The Hall–Kier alpha value is -2.07. The Bertz CT molecular complexity index is 615. The third-order valence-corrected chi connectivity index (χ3v) is 3.50. The summed E-state index contributed by atoms with van der Waals surface area (Å²) >= 11 is 1.60. The molecule has 3 nitrogen and oxygen atoms in total. The van der Waals surface area contributed by atoms with Crippen LogP contribution in [0.15, 0.2) is 41.1 Å². The minimum absolute atomic E-state index is 0.0915. The van der Waals surface area contributed by atoms with Crippen LogP contribution in [0.3, 0.4) is 0 Å². The summed E-state index contributed by atoms with van der Waals surface area (Å²) in [6.07, 6.45) is 3.37. The van der Waals surface area contributed by atoms with Crippen molar-refractivity contribution in [2.24, 2.45) is 0 Å². The van der Waals surface area contributed by atoms with E-state index in [4.69, 9.17) is 9.47 Å².